The summed E-state index contributed by atoms with van der Waals surface area (Å²) in [4.78, 5) is 2.04. The molecule has 0 bridgehead atoms. The van der Waals surface area contributed by atoms with Gasteiger partial charge in [-0.25, -0.2) is 0 Å². The topological polar surface area (TPSA) is 27.0 Å². The normalized spacial score (nSPS) is 22.7. The fourth-order valence-corrected chi connectivity index (χ4v) is 2.87. The fourth-order valence-electron chi connectivity index (χ4n) is 2.58. The highest BCUT2D eigenvalue weighted by Gasteiger charge is 2.38. The zero-order chi connectivity index (χ0) is 13.9. The maximum atomic E-state index is 9.74. The van der Waals surface area contributed by atoms with Crippen molar-refractivity contribution < 1.29 is 0 Å². The van der Waals surface area contributed by atoms with Crippen molar-refractivity contribution in [3.8, 4) is 6.07 Å². The Morgan fingerprint density at radius 3 is 2.53 bits per heavy atom. The third-order valence-electron chi connectivity index (χ3n) is 3.30. The van der Waals surface area contributed by atoms with Gasteiger partial charge >= 0.3 is 0 Å². The molecule has 1 aromatic rings. The minimum Gasteiger partial charge on any atom is -0.307 e. The average molecular weight is 273 g/mol. The Bertz CT molecular complexity index is 552. The number of benzene rings is 1. The predicted molar refractivity (Wildman–Crippen MR) is 79.6 cm³/mol. The Morgan fingerprint density at radius 2 is 1.95 bits per heavy atom. The van der Waals surface area contributed by atoms with Gasteiger partial charge < -0.3 is 4.90 Å². The quantitative estimate of drug-likeness (QED) is 0.839. The van der Waals surface area contributed by atoms with E-state index >= 15 is 0 Å². The van der Waals surface area contributed by atoms with Crippen LogP contribution in [-0.2, 0) is 0 Å². The van der Waals surface area contributed by atoms with Gasteiger partial charge in [-0.3, -0.25) is 0 Å². The molecule has 0 aromatic heterocycles. The third kappa shape index (κ3) is 2.89. The van der Waals surface area contributed by atoms with Crippen LogP contribution in [0.3, 0.4) is 0 Å². The zero-order valence-electron chi connectivity index (χ0n) is 11.2. The van der Waals surface area contributed by atoms with E-state index in [1.165, 1.54) is 0 Å². The maximum absolute atomic E-state index is 9.74. The Hall–Kier alpha value is -1.56. The Kier molecular flexibility index (Phi) is 4.09. The lowest BCUT2D eigenvalue weighted by Crippen LogP contribution is -2.35. The second-order valence-electron chi connectivity index (χ2n) is 5.17. The second kappa shape index (κ2) is 5.61. The van der Waals surface area contributed by atoms with Gasteiger partial charge in [0.2, 0.25) is 0 Å². The number of nitrogens with zero attached hydrogens (tertiary/aromatic N) is 2. The Labute approximate surface area is 119 Å². The van der Waals surface area contributed by atoms with Crippen LogP contribution < -0.4 is 0 Å². The minimum absolute atomic E-state index is 0.573. The van der Waals surface area contributed by atoms with E-state index in [0.29, 0.717) is 13.0 Å². The molecule has 0 spiro atoms. The summed E-state index contributed by atoms with van der Waals surface area (Å²) in [5.41, 5.74) is 1.57. The number of nitriles is 1. The summed E-state index contributed by atoms with van der Waals surface area (Å²) < 4.78 is 0. The molecule has 2 nitrogen and oxygen atoms in total. The molecule has 0 saturated heterocycles. The summed E-state index contributed by atoms with van der Waals surface area (Å²) in [5.74, 6) is 0. The lowest BCUT2D eigenvalue weighted by atomic mass is 9.72. The molecule has 0 aliphatic heterocycles. The van der Waals surface area contributed by atoms with Gasteiger partial charge in [0, 0.05) is 18.0 Å². The highest BCUT2D eigenvalue weighted by atomic mass is 35.5. The van der Waals surface area contributed by atoms with E-state index < -0.39 is 5.41 Å². The van der Waals surface area contributed by atoms with Crippen molar-refractivity contribution in [1.82, 2.24) is 4.90 Å². The molecule has 0 N–H and O–H groups in total. The van der Waals surface area contributed by atoms with Crippen LogP contribution in [0.1, 0.15) is 12.0 Å². The summed E-state index contributed by atoms with van der Waals surface area (Å²) in [6.45, 7) is 0.661. The van der Waals surface area contributed by atoms with Crippen molar-refractivity contribution in [1.29, 1.82) is 5.26 Å². The first-order chi connectivity index (χ1) is 9.07. The largest absolute Gasteiger partial charge is 0.307 e. The highest BCUT2D eigenvalue weighted by molar-refractivity contribution is 6.30. The highest BCUT2D eigenvalue weighted by Crippen LogP contribution is 2.44. The molecule has 1 unspecified atom stereocenters. The smallest absolute Gasteiger partial charge is 0.100 e. The first-order valence-electron chi connectivity index (χ1n) is 6.26. The van der Waals surface area contributed by atoms with Crippen LogP contribution in [0, 0.1) is 16.7 Å². The molecule has 19 heavy (non-hydrogen) atoms. The van der Waals surface area contributed by atoms with Crippen molar-refractivity contribution in [3.05, 3.63) is 53.1 Å². The van der Waals surface area contributed by atoms with E-state index in [4.69, 9.17) is 11.6 Å². The van der Waals surface area contributed by atoms with E-state index in [9.17, 15) is 5.26 Å². The summed E-state index contributed by atoms with van der Waals surface area (Å²) in [6, 6.07) is 12.5. The minimum atomic E-state index is -0.573. The summed E-state index contributed by atoms with van der Waals surface area (Å²) in [5, 5.41) is 10.5. The average Bonchev–Trinajstić information content (AvgIpc) is 2.39. The second-order valence-corrected chi connectivity index (χ2v) is 5.65. The number of rotatable bonds is 3. The molecule has 1 aromatic carbocycles. The molecule has 98 valence electrons. The van der Waals surface area contributed by atoms with Crippen LogP contribution in [-0.4, -0.2) is 25.5 Å². The first kappa shape index (κ1) is 13.9. The van der Waals surface area contributed by atoms with Gasteiger partial charge in [0.15, 0.2) is 0 Å². The Morgan fingerprint density at radius 1 is 1.26 bits per heavy atom. The van der Waals surface area contributed by atoms with Gasteiger partial charge in [-0.2, -0.15) is 5.26 Å². The number of hydrogen-bond acceptors (Lipinski definition) is 2. The van der Waals surface area contributed by atoms with Crippen LogP contribution in [0.15, 0.2) is 47.5 Å². The zero-order valence-corrected chi connectivity index (χ0v) is 12.0. The summed E-state index contributed by atoms with van der Waals surface area (Å²) >= 11 is 6.16. The SMILES string of the molecule is CN(C)CC1(C#N)CC(Cl)=CC=C1c1ccccc1. The molecule has 1 atom stereocenters. The van der Waals surface area contributed by atoms with Crippen molar-refractivity contribution in [2.75, 3.05) is 20.6 Å². The van der Waals surface area contributed by atoms with Gasteiger partial charge in [-0.05, 0) is 31.3 Å². The van der Waals surface area contributed by atoms with Gasteiger partial charge in [0.25, 0.3) is 0 Å². The van der Waals surface area contributed by atoms with E-state index in [-0.39, 0.29) is 0 Å². The molecule has 2 rings (SSSR count). The van der Waals surface area contributed by atoms with Gasteiger partial charge in [-0.15, -0.1) is 0 Å². The van der Waals surface area contributed by atoms with E-state index in [0.717, 1.165) is 16.2 Å². The van der Waals surface area contributed by atoms with Crippen LogP contribution in [0.5, 0.6) is 0 Å². The molecule has 0 saturated carbocycles. The molecule has 1 aliphatic carbocycles. The van der Waals surface area contributed by atoms with Crippen molar-refractivity contribution >= 4 is 17.2 Å². The lowest BCUT2D eigenvalue weighted by molar-refractivity contribution is 0.315. The molecular formula is C16H17ClN2. The van der Waals surface area contributed by atoms with Crippen LogP contribution in [0.4, 0.5) is 0 Å². The molecule has 3 heteroatoms. The predicted octanol–water partition coefficient (Wildman–Crippen LogP) is 3.67. The van der Waals surface area contributed by atoms with Crippen molar-refractivity contribution in [2.24, 2.45) is 5.41 Å². The lowest BCUT2D eigenvalue weighted by Gasteiger charge is -2.34. The van der Waals surface area contributed by atoms with E-state index in [1.54, 1.807) is 0 Å². The molecule has 1 aliphatic rings. The summed E-state index contributed by atoms with van der Waals surface area (Å²) in [6.07, 6.45) is 4.45. The number of halogens is 1. The number of allylic oxidation sites excluding steroid dienone is 3. The molecule has 0 radical (unpaired) electrons. The fraction of sp³-hybridized carbons (Fsp3) is 0.312. The summed E-state index contributed by atoms with van der Waals surface area (Å²) in [7, 11) is 3.96. The monoisotopic (exact) mass is 272 g/mol. The maximum Gasteiger partial charge on any atom is 0.100 e. The standard InChI is InChI=1S/C16H17ClN2/c1-19(2)12-16(11-18)10-14(17)8-9-15(16)13-6-4-3-5-7-13/h3-9H,10,12H2,1-2H3. The van der Waals surface area contributed by atoms with Gasteiger partial charge in [-0.1, -0.05) is 48.0 Å². The van der Waals surface area contributed by atoms with Gasteiger partial charge in [0.05, 0.1) is 6.07 Å². The molecule has 0 amide bonds. The Balaban J connectivity index is 2.50. The molecule has 0 fully saturated rings. The van der Waals surface area contributed by atoms with Crippen molar-refractivity contribution in [2.45, 2.75) is 6.42 Å². The van der Waals surface area contributed by atoms with Crippen LogP contribution in [0.25, 0.3) is 5.57 Å². The number of hydrogen-bond donors (Lipinski definition) is 0. The molecular weight excluding hydrogens is 256 g/mol. The first-order valence-corrected chi connectivity index (χ1v) is 6.63. The van der Waals surface area contributed by atoms with Crippen LogP contribution >= 0.6 is 11.6 Å². The van der Waals surface area contributed by atoms with Crippen molar-refractivity contribution in [3.63, 3.8) is 0 Å². The van der Waals surface area contributed by atoms with E-state index in [1.807, 2.05) is 61.5 Å². The third-order valence-corrected chi connectivity index (χ3v) is 3.56. The molecule has 0 heterocycles. The van der Waals surface area contributed by atoms with Gasteiger partial charge in [0.1, 0.15) is 5.41 Å². The van der Waals surface area contributed by atoms with Crippen LogP contribution in [0.2, 0.25) is 0 Å². The van der Waals surface area contributed by atoms with E-state index in [2.05, 4.69) is 6.07 Å².